The van der Waals surface area contributed by atoms with Crippen molar-refractivity contribution in [3.63, 3.8) is 0 Å². The highest BCUT2D eigenvalue weighted by Gasteiger charge is 2.60. The first-order valence-corrected chi connectivity index (χ1v) is 10.7. The summed E-state index contributed by atoms with van der Waals surface area (Å²) < 4.78 is 4.98. The van der Waals surface area contributed by atoms with Gasteiger partial charge in [-0.1, -0.05) is 17.7 Å². The maximum Gasteiger partial charge on any atom is 0.338 e. The molecule has 1 fully saturated rings. The lowest BCUT2D eigenvalue weighted by molar-refractivity contribution is -0.130. The van der Waals surface area contributed by atoms with Crippen LogP contribution in [-0.4, -0.2) is 41.6 Å². The third-order valence-corrected chi connectivity index (χ3v) is 6.19. The Morgan fingerprint density at radius 1 is 1.25 bits per heavy atom. The van der Waals surface area contributed by atoms with Crippen LogP contribution >= 0.6 is 0 Å². The third-order valence-electron chi connectivity index (χ3n) is 6.19. The zero-order valence-corrected chi connectivity index (χ0v) is 18.3. The summed E-state index contributed by atoms with van der Waals surface area (Å²) in [6.07, 6.45) is -0.444. The van der Waals surface area contributed by atoms with Gasteiger partial charge in [0, 0.05) is 23.0 Å². The fourth-order valence-electron chi connectivity index (χ4n) is 4.56. The van der Waals surface area contributed by atoms with Crippen molar-refractivity contribution in [3.8, 4) is 0 Å². The van der Waals surface area contributed by atoms with Gasteiger partial charge in [0.25, 0.3) is 0 Å². The Morgan fingerprint density at radius 3 is 2.62 bits per heavy atom. The SMILES string of the molecule is CCOC(=O)c1ccc(NC(=O)[C@H]2C[C@H](C(C)O)N[C@]23C(=O)Nc2ccc(C)cc23)cc1. The van der Waals surface area contributed by atoms with Gasteiger partial charge in [-0.15, -0.1) is 0 Å². The van der Waals surface area contributed by atoms with E-state index >= 15 is 0 Å². The molecule has 168 valence electrons. The lowest BCUT2D eigenvalue weighted by atomic mass is 9.79. The summed E-state index contributed by atoms with van der Waals surface area (Å²) in [5.41, 5.74) is 1.96. The number of hydrogen-bond acceptors (Lipinski definition) is 6. The van der Waals surface area contributed by atoms with Gasteiger partial charge in [0.2, 0.25) is 11.8 Å². The number of carbonyl (C=O) groups is 3. The average Bonchev–Trinajstić information content (AvgIpc) is 3.29. The van der Waals surface area contributed by atoms with E-state index in [0.29, 0.717) is 28.9 Å². The minimum atomic E-state index is -1.27. The molecule has 32 heavy (non-hydrogen) atoms. The lowest BCUT2D eigenvalue weighted by Gasteiger charge is -2.29. The maximum atomic E-state index is 13.4. The molecule has 2 amide bonds. The second-order valence-corrected chi connectivity index (χ2v) is 8.38. The predicted octanol–water partition coefficient (Wildman–Crippen LogP) is 2.32. The quantitative estimate of drug-likeness (QED) is 0.534. The van der Waals surface area contributed by atoms with Crippen LogP contribution in [0.25, 0.3) is 0 Å². The van der Waals surface area contributed by atoms with Crippen LogP contribution in [0.3, 0.4) is 0 Å². The van der Waals surface area contributed by atoms with Gasteiger partial charge in [-0.3, -0.25) is 14.9 Å². The number of rotatable bonds is 5. The molecule has 1 saturated heterocycles. The number of fused-ring (bicyclic) bond motifs is 2. The van der Waals surface area contributed by atoms with Crippen molar-refractivity contribution in [2.75, 3.05) is 17.2 Å². The van der Waals surface area contributed by atoms with Crippen LogP contribution in [0.4, 0.5) is 11.4 Å². The fourth-order valence-corrected chi connectivity index (χ4v) is 4.56. The zero-order valence-electron chi connectivity index (χ0n) is 18.3. The standard InChI is InChI=1S/C24H27N3O5/c1-4-32-22(30)15-6-8-16(9-7-15)25-21(29)18-12-20(14(3)28)27-24(18)17-11-13(2)5-10-19(17)26-23(24)31/h5-11,14,18,20,27-28H,4,12H2,1-3H3,(H,25,29)(H,26,31)/t14?,18-,20-,24+/m1/s1. The summed E-state index contributed by atoms with van der Waals surface area (Å²) in [6.45, 7) is 5.58. The molecule has 2 aromatic rings. The Balaban J connectivity index is 1.64. The first-order valence-electron chi connectivity index (χ1n) is 10.7. The number of carbonyl (C=O) groups excluding carboxylic acids is 3. The van der Waals surface area contributed by atoms with Crippen LogP contribution in [0.15, 0.2) is 42.5 Å². The number of amides is 2. The molecule has 4 rings (SSSR count). The van der Waals surface area contributed by atoms with Crippen molar-refractivity contribution >= 4 is 29.2 Å². The molecule has 2 aliphatic rings. The Hall–Kier alpha value is -3.23. The van der Waals surface area contributed by atoms with Crippen LogP contribution in [0.2, 0.25) is 0 Å². The van der Waals surface area contributed by atoms with Gasteiger partial charge in [0.05, 0.1) is 24.2 Å². The number of benzene rings is 2. The van der Waals surface area contributed by atoms with Crippen molar-refractivity contribution < 1.29 is 24.2 Å². The molecular formula is C24H27N3O5. The normalized spacial score (nSPS) is 24.7. The van der Waals surface area contributed by atoms with Crippen LogP contribution in [0, 0.1) is 12.8 Å². The number of aryl methyl sites for hydroxylation is 1. The average molecular weight is 437 g/mol. The van der Waals surface area contributed by atoms with Gasteiger partial charge in [-0.05, 0) is 57.5 Å². The number of hydrogen-bond donors (Lipinski definition) is 4. The molecular weight excluding hydrogens is 410 g/mol. The Labute approximate surface area is 186 Å². The molecule has 0 radical (unpaired) electrons. The number of aliphatic hydroxyl groups excluding tert-OH is 1. The second-order valence-electron chi connectivity index (χ2n) is 8.38. The third kappa shape index (κ3) is 3.65. The molecule has 1 unspecified atom stereocenters. The van der Waals surface area contributed by atoms with E-state index in [4.69, 9.17) is 4.74 Å². The van der Waals surface area contributed by atoms with Crippen molar-refractivity contribution in [1.82, 2.24) is 5.32 Å². The van der Waals surface area contributed by atoms with Gasteiger partial charge in [0.15, 0.2) is 0 Å². The summed E-state index contributed by atoms with van der Waals surface area (Å²) in [6, 6.07) is 11.6. The first kappa shape index (κ1) is 22.0. The molecule has 1 spiro atoms. The van der Waals surface area contributed by atoms with E-state index in [1.807, 2.05) is 25.1 Å². The van der Waals surface area contributed by atoms with Crippen molar-refractivity contribution in [1.29, 1.82) is 0 Å². The summed E-state index contributed by atoms with van der Waals surface area (Å²) >= 11 is 0. The van der Waals surface area contributed by atoms with E-state index < -0.39 is 29.6 Å². The van der Waals surface area contributed by atoms with Crippen molar-refractivity contribution in [2.24, 2.45) is 5.92 Å². The topological polar surface area (TPSA) is 117 Å². The highest BCUT2D eigenvalue weighted by molar-refractivity contribution is 6.10. The molecule has 2 aromatic carbocycles. The van der Waals surface area contributed by atoms with Crippen LogP contribution < -0.4 is 16.0 Å². The monoisotopic (exact) mass is 437 g/mol. The van der Waals surface area contributed by atoms with E-state index in [0.717, 1.165) is 5.56 Å². The Morgan fingerprint density at radius 2 is 1.97 bits per heavy atom. The summed E-state index contributed by atoms with van der Waals surface area (Å²) in [4.78, 5) is 38.4. The minimum absolute atomic E-state index is 0.279. The van der Waals surface area contributed by atoms with E-state index in [1.165, 1.54) is 0 Å². The summed E-state index contributed by atoms with van der Waals surface area (Å²) in [5, 5.41) is 19.2. The van der Waals surface area contributed by atoms with Crippen LogP contribution in [0.5, 0.6) is 0 Å². The molecule has 8 nitrogen and oxygen atoms in total. The molecule has 4 N–H and O–H groups in total. The van der Waals surface area contributed by atoms with E-state index in [-0.39, 0.29) is 18.4 Å². The van der Waals surface area contributed by atoms with Crippen LogP contribution in [-0.2, 0) is 19.9 Å². The predicted molar refractivity (Wildman–Crippen MR) is 119 cm³/mol. The fraction of sp³-hybridized carbons (Fsp3) is 0.375. The largest absolute Gasteiger partial charge is 0.462 e. The van der Waals surface area contributed by atoms with Gasteiger partial charge >= 0.3 is 5.97 Å². The highest BCUT2D eigenvalue weighted by Crippen LogP contribution is 2.48. The molecule has 0 aromatic heterocycles. The number of aliphatic hydroxyl groups is 1. The lowest BCUT2D eigenvalue weighted by Crippen LogP contribution is -2.53. The smallest absolute Gasteiger partial charge is 0.338 e. The number of nitrogens with one attached hydrogen (secondary N) is 3. The van der Waals surface area contributed by atoms with Gasteiger partial charge in [0.1, 0.15) is 5.54 Å². The summed E-state index contributed by atoms with van der Waals surface area (Å²) in [5.74, 6) is -1.82. The van der Waals surface area contributed by atoms with Crippen molar-refractivity contribution in [3.05, 3.63) is 59.2 Å². The number of esters is 1. The summed E-state index contributed by atoms with van der Waals surface area (Å²) in [7, 11) is 0. The van der Waals surface area contributed by atoms with Gasteiger partial charge in [-0.25, -0.2) is 4.79 Å². The van der Waals surface area contributed by atoms with Gasteiger partial charge in [-0.2, -0.15) is 0 Å². The molecule has 4 atom stereocenters. The second kappa shape index (κ2) is 8.37. The van der Waals surface area contributed by atoms with E-state index in [2.05, 4.69) is 16.0 Å². The minimum Gasteiger partial charge on any atom is -0.462 e. The van der Waals surface area contributed by atoms with Gasteiger partial charge < -0.3 is 20.5 Å². The molecule has 2 heterocycles. The van der Waals surface area contributed by atoms with E-state index in [1.54, 1.807) is 38.1 Å². The molecule has 0 aliphatic carbocycles. The molecule has 0 bridgehead atoms. The van der Waals surface area contributed by atoms with E-state index in [9.17, 15) is 19.5 Å². The Bertz CT molecular complexity index is 1070. The maximum absolute atomic E-state index is 13.4. The molecule has 0 saturated carbocycles. The first-order chi connectivity index (χ1) is 15.3. The number of anilines is 2. The molecule has 2 aliphatic heterocycles. The number of ether oxygens (including phenoxy) is 1. The highest BCUT2D eigenvalue weighted by atomic mass is 16.5. The Kier molecular flexibility index (Phi) is 5.75. The van der Waals surface area contributed by atoms with Crippen molar-refractivity contribution in [2.45, 2.75) is 44.9 Å². The molecule has 8 heteroatoms. The van der Waals surface area contributed by atoms with Crippen LogP contribution in [0.1, 0.15) is 41.8 Å². The zero-order chi connectivity index (χ0) is 23.0.